The number of hydrogen-bond acceptors (Lipinski definition) is 3. The molecule has 0 radical (unpaired) electrons. The Hall–Kier alpha value is -2.27. The molecule has 2 aliphatic rings. The topological polar surface area (TPSA) is 48.6 Å². The molecule has 1 aromatic carbocycles. The zero-order valence-corrected chi connectivity index (χ0v) is 16.2. The van der Waals surface area contributed by atoms with Crippen LogP contribution in [0.4, 0.5) is 0 Å². The van der Waals surface area contributed by atoms with Gasteiger partial charge in [-0.15, -0.1) is 0 Å². The van der Waals surface area contributed by atoms with Gasteiger partial charge >= 0.3 is 0 Å². The number of nitrogens with one attached hydrogen (secondary N) is 1. The molecule has 5 nitrogen and oxygen atoms in total. The lowest BCUT2D eigenvalue weighted by Gasteiger charge is -2.41. The van der Waals surface area contributed by atoms with Crippen molar-refractivity contribution < 1.29 is 9.53 Å². The molecule has 26 heavy (non-hydrogen) atoms. The van der Waals surface area contributed by atoms with Crippen LogP contribution in [-0.4, -0.2) is 61.0 Å². The van der Waals surface area contributed by atoms with E-state index in [1.54, 1.807) is 12.0 Å². The number of carbonyl (C=O) groups excluding carboxylic acids is 1. The SMILES string of the molecule is CCN1CC(C(=O)N(C)C)C=C2c3ccc(OC)c4[nH]c(C)c(c34)CC21. The van der Waals surface area contributed by atoms with Crippen LogP contribution in [0, 0.1) is 12.8 Å². The lowest BCUT2D eigenvalue weighted by atomic mass is 9.78. The third-order valence-electron chi connectivity index (χ3n) is 5.94. The number of rotatable bonds is 3. The molecular weight excluding hydrogens is 326 g/mol. The Kier molecular flexibility index (Phi) is 4.07. The predicted molar refractivity (Wildman–Crippen MR) is 104 cm³/mol. The van der Waals surface area contributed by atoms with Crippen molar-refractivity contribution in [2.45, 2.75) is 26.3 Å². The summed E-state index contributed by atoms with van der Waals surface area (Å²) in [5.74, 6) is 0.964. The maximum absolute atomic E-state index is 12.7. The number of fused-ring (bicyclic) bond motifs is 2. The predicted octanol–water partition coefficient (Wildman–Crippen LogP) is 2.83. The second-order valence-corrected chi connectivity index (χ2v) is 7.56. The highest BCUT2D eigenvalue weighted by Crippen LogP contribution is 2.44. The minimum Gasteiger partial charge on any atom is -0.495 e. The summed E-state index contributed by atoms with van der Waals surface area (Å²) >= 11 is 0. The summed E-state index contributed by atoms with van der Waals surface area (Å²) in [6, 6.07) is 4.53. The summed E-state index contributed by atoms with van der Waals surface area (Å²) in [6.07, 6.45) is 3.19. The lowest BCUT2D eigenvalue weighted by molar-refractivity contribution is -0.132. The Morgan fingerprint density at radius 1 is 1.38 bits per heavy atom. The van der Waals surface area contributed by atoms with Crippen LogP contribution in [0.25, 0.3) is 16.5 Å². The summed E-state index contributed by atoms with van der Waals surface area (Å²) in [7, 11) is 5.38. The largest absolute Gasteiger partial charge is 0.495 e. The first-order valence-electron chi connectivity index (χ1n) is 9.31. The number of H-pyrrole nitrogens is 1. The van der Waals surface area contributed by atoms with Gasteiger partial charge in [-0.3, -0.25) is 9.69 Å². The van der Waals surface area contributed by atoms with Gasteiger partial charge in [0, 0.05) is 37.8 Å². The Labute approximate surface area is 154 Å². The van der Waals surface area contributed by atoms with E-state index in [1.165, 1.54) is 27.8 Å². The number of benzene rings is 1. The van der Waals surface area contributed by atoms with E-state index >= 15 is 0 Å². The molecule has 2 heterocycles. The van der Waals surface area contributed by atoms with Crippen molar-refractivity contribution in [2.24, 2.45) is 5.92 Å². The molecule has 5 heteroatoms. The normalized spacial score (nSPS) is 22.1. The lowest BCUT2D eigenvalue weighted by Crippen LogP contribution is -2.48. The average Bonchev–Trinajstić information content (AvgIpc) is 2.97. The molecule has 0 saturated carbocycles. The quantitative estimate of drug-likeness (QED) is 0.923. The summed E-state index contributed by atoms with van der Waals surface area (Å²) < 4.78 is 5.57. The van der Waals surface area contributed by atoms with Crippen molar-refractivity contribution >= 4 is 22.4 Å². The minimum absolute atomic E-state index is 0.0880. The highest BCUT2D eigenvalue weighted by Gasteiger charge is 2.38. The van der Waals surface area contributed by atoms with E-state index in [1.807, 2.05) is 20.2 Å². The summed E-state index contributed by atoms with van der Waals surface area (Å²) in [4.78, 5) is 20.3. The monoisotopic (exact) mass is 353 g/mol. The minimum atomic E-state index is -0.0880. The third-order valence-corrected chi connectivity index (χ3v) is 5.94. The van der Waals surface area contributed by atoms with Crippen molar-refractivity contribution in [3.8, 4) is 5.75 Å². The van der Waals surface area contributed by atoms with Crippen LogP contribution in [-0.2, 0) is 11.2 Å². The second-order valence-electron chi connectivity index (χ2n) is 7.56. The molecule has 0 spiro atoms. The fraction of sp³-hybridized carbons (Fsp3) is 0.476. The van der Waals surface area contributed by atoms with Crippen LogP contribution in [0.5, 0.6) is 5.75 Å². The molecule has 1 amide bonds. The third kappa shape index (κ3) is 2.37. The van der Waals surface area contributed by atoms with Gasteiger partial charge in [0.15, 0.2) is 0 Å². The average molecular weight is 353 g/mol. The molecule has 1 aliphatic heterocycles. The fourth-order valence-corrected chi connectivity index (χ4v) is 4.63. The van der Waals surface area contributed by atoms with E-state index in [0.29, 0.717) is 6.04 Å². The van der Waals surface area contributed by atoms with E-state index in [-0.39, 0.29) is 11.8 Å². The van der Waals surface area contributed by atoms with Crippen LogP contribution in [0.1, 0.15) is 23.7 Å². The first-order valence-corrected chi connectivity index (χ1v) is 9.31. The summed E-state index contributed by atoms with van der Waals surface area (Å²) in [5.41, 5.74) is 6.20. The summed E-state index contributed by atoms with van der Waals surface area (Å²) in [5, 5.41) is 1.26. The number of carbonyl (C=O) groups is 1. The Morgan fingerprint density at radius 3 is 2.81 bits per heavy atom. The van der Waals surface area contributed by atoms with Crippen LogP contribution in [0.2, 0.25) is 0 Å². The first kappa shape index (κ1) is 17.2. The maximum atomic E-state index is 12.7. The molecule has 138 valence electrons. The van der Waals surface area contributed by atoms with Gasteiger partial charge < -0.3 is 14.6 Å². The molecule has 0 saturated heterocycles. The van der Waals surface area contributed by atoms with Crippen LogP contribution in [0.15, 0.2) is 18.2 Å². The number of hydrogen-bond donors (Lipinski definition) is 1. The van der Waals surface area contributed by atoms with Gasteiger partial charge in [0.1, 0.15) is 5.75 Å². The molecule has 1 aliphatic carbocycles. The maximum Gasteiger partial charge on any atom is 0.230 e. The van der Waals surface area contributed by atoms with Crippen LogP contribution in [0.3, 0.4) is 0 Å². The number of methoxy groups -OCH3 is 1. The number of ether oxygens (including phenoxy) is 1. The molecule has 0 bridgehead atoms. The first-order chi connectivity index (χ1) is 12.5. The standard InChI is InChI=1S/C21H27N3O2/c1-6-24-11-13(21(25)23(3)4)9-16-14-7-8-18(26-5)20-19(14)15(10-17(16)24)12(2)22-20/h7-9,13,17,22H,6,10-11H2,1-5H3. The number of amides is 1. The highest BCUT2D eigenvalue weighted by molar-refractivity contribution is 6.02. The van der Waals surface area contributed by atoms with Crippen molar-refractivity contribution in [3.63, 3.8) is 0 Å². The van der Waals surface area contributed by atoms with Gasteiger partial charge in [-0.05, 0) is 42.7 Å². The van der Waals surface area contributed by atoms with E-state index in [4.69, 9.17) is 4.74 Å². The highest BCUT2D eigenvalue weighted by atomic mass is 16.5. The van der Waals surface area contributed by atoms with Gasteiger partial charge in [-0.1, -0.05) is 19.1 Å². The van der Waals surface area contributed by atoms with Crippen LogP contribution >= 0.6 is 0 Å². The fourth-order valence-electron chi connectivity index (χ4n) is 4.63. The molecule has 4 rings (SSSR count). The van der Waals surface area contributed by atoms with Gasteiger partial charge in [0.05, 0.1) is 18.5 Å². The number of aromatic amines is 1. The molecule has 2 atom stereocenters. The summed E-state index contributed by atoms with van der Waals surface area (Å²) in [6.45, 7) is 6.06. The smallest absolute Gasteiger partial charge is 0.230 e. The van der Waals surface area contributed by atoms with Crippen molar-refractivity contribution in [1.29, 1.82) is 0 Å². The van der Waals surface area contributed by atoms with Crippen molar-refractivity contribution in [2.75, 3.05) is 34.3 Å². The number of aromatic nitrogens is 1. The molecule has 1 aromatic heterocycles. The van der Waals surface area contributed by atoms with Crippen LogP contribution < -0.4 is 4.74 Å². The van der Waals surface area contributed by atoms with Crippen molar-refractivity contribution in [3.05, 3.63) is 35.0 Å². The van der Waals surface area contributed by atoms with Crippen molar-refractivity contribution in [1.82, 2.24) is 14.8 Å². The Balaban J connectivity index is 1.92. The Morgan fingerprint density at radius 2 is 2.15 bits per heavy atom. The molecule has 1 N–H and O–H groups in total. The zero-order valence-electron chi connectivity index (χ0n) is 16.2. The van der Waals surface area contributed by atoms with E-state index in [0.717, 1.165) is 30.8 Å². The van der Waals surface area contributed by atoms with E-state index < -0.39 is 0 Å². The number of nitrogens with zero attached hydrogens (tertiary/aromatic N) is 2. The zero-order chi connectivity index (χ0) is 18.6. The molecular formula is C21H27N3O2. The molecule has 2 aromatic rings. The number of aryl methyl sites for hydroxylation is 1. The van der Waals surface area contributed by atoms with E-state index in [9.17, 15) is 4.79 Å². The molecule has 2 unspecified atom stereocenters. The second kappa shape index (κ2) is 6.16. The number of likely N-dealkylation sites (N-methyl/N-ethyl adjacent to an activating group) is 1. The van der Waals surface area contributed by atoms with Gasteiger partial charge in [0.2, 0.25) is 5.91 Å². The Bertz CT molecular complexity index is 910. The van der Waals surface area contributed by atoms with Gasteiger partial charge in [0.25, 0.3) is 0 Å². The van der Waals surface area contributed by atoms with Gasteiger partial charge in [-0.25, -0.2) is 0 Å². The molecule has 0 fully saturated rings. The van der Waals surface area contributed by atoms with Gasteiger partial charge in [-0.2, -0.15) is 0 Å². The van der Waals surface area contributed by atoms with E-state index in [2.05, 4.69) is 35.9 Å².